The van der Waals surface area contributed by atoms with Gasteiger partial charge in [0, 0.05) is 38.0 Å². The van der Waals surface area contributed by atoms with Crippen LogP contribution in [0.3, 0.4) is 0 Å². The van der Waals surface area contributed by atoms with Crippen LogP contribution >= 0.6 is 0 Å². The fraction of sp³-hybridized carbons (Fsp3) is 0.571. The van der Waals surface area contributed by atoms with Crippen molar-refractivity contribution in [2.45, 2.75) is 65.2 Å². The molecule has 0 heterocycles. The molecule has 200 valence electrons. The third kappa shape index (κ3) is 7.67. The van der Waals surface area contributed by atoms with Gasteiger partial charge in [0.15, 0.2) is 11.5 Å². The van der Waals surface area contributed by atoms with E-state index in [4.69, 9.17) is 18.9 Å². The van der Waals surface area contributed by atoms with Gasteiger partial charge in [-0.1, -0.05) is 76.6 Å². The average Bonchev–Trinajstić information content (AvgIpc) is 2.89. The quantitative estimate of drug-likeness (QED) is 0.262. The minimum absolute atomic E-state index is 0.192. The van der Waals surface area contributed by atoms with Gasteiger partial charge in [-0.25, -0.2) is 9.59 Å². The molecule has 0 unspecified atom stereocenters. The number of methoxy groups -OCH3 is 2. The van der Waals surface area contributed by atoms with Crippen molar-refractivity contribution in [1.29, 1.82) is 0 Å². The maximum atomic E-state index is 12.9. The maximum absolute atomic E-state index is 12.9. The van der Waals surface area contributed by atoms with Crippen LogP contribution in [0, 0.1) is 0 Å². The standard InChI is InChI=1S/C28H42N2O6/c1-7-9-11-15-19-29(3)27(31)35-23-21-17-13-14-18-22(21)24(26(34-6)25(23)33-5)36-28(32)30(4)20-16-12-10-8-2/h13-14,17-18H,7-12,15-16,19-20H2,1-6H3. The summed E-state index contributed by atoms with van der Waals surface area (Å²) in [5, 5.41) is 1.16. The molecule has 8 heteroatoms. The number of carbonyl (C=O) groups is 2. The number of benzene rings is 2. The molecule has 0 radical (unpaired) electrons. The monoisotopic (exact) mass is 502 g/mol. The van der Waals surface area contributed by atoms with Gasteiger partial charge >= 0.3 is 12.2 Å². The lowest BCUT2D eigenvalue weighted by atomic mass is 10.1. The number of fused-ring (bicyclic) bond motifs is 1. The summed E-state index contributed by atoms with van der Waals surface area (Å²) in [4.78, 5) is 28.9. The lowest BCUT2D eigenvalue weighted by Gasteiger charge is -2.23. The first-order valence-electron chi connectivity index (χ1n) is 12.9. The summed E-state index contributed by atoms with van der Waals surface area (Å²) in [7, 11) is 6.35. The third-order valence-corrected chi connectivity index (χ3v) is 6.14. The second-order valence-electron chi connectivity index (χ2n) is 8.97. The van der Waals surface area contributed by atoms with E-state index in [0.29, 0.717) is 23.9 Å². The van der Waals surface area contributed by atoms with E-state index in [-0.39, 0.29) is 23.0 Å². The first kappa shape index (κ1) is 29.1. The minimum Gasteiger partial charge on any atom is -0.490 e. The Hall–Kier alpha value is -3.16. The Bertz CT molecular complexity index is 915. The zero-order valence-electron chi connectivity index (χ0n) is 22.7. The highest BCUT2D eigenvalue weighted by atomic mass is 16.6. The third-order valence-electron chi connectivity index (χ3n) is 6.14. The van der Waals surface area contributed by atoms with Crippen LogP contribution in [0.15, 0.2) is 24.3 Å². The number of hydrogen-bond acceptors (Lipinski definition) is 6. The van der Waals surface area contributed by atoms with Crippen LogP contribution in [0.4, 0.5) is 9.59 Å². The molecule has 0 spiro atoms. The highest BCUT2D eigenvalue weighted by molar-refractivity contribution is 6.01. The number of nitrogens with zero attached hydrogens (tertiary/aromatic N) is 2. The molecule has 0 aromatic heterocycles. The van der Waals surface area contributed by atoms with Crippen molar-refractivity contribution in [2.24, 2.45) is 0 Å². The zero-order valence-corrected chi connectivity index (χ0v) is 22.7. The lowest BCUT2D eigenvalue weighted by molar-refractivity contribution is 0.157. The molecule has 2 amide bonds. The molecule has 0 N–H and O–H groups in total. The van der Waals surface area contributed by atoms with Crippen molar-refractivity contribution >= 4 is 23.0 Å². The van der Waals surface area contributed by atoms with E-state index < -0.39 is 12.2 Å². The van der Waals surface area contributed by atoms with E-state index in [0.717, 1.165) is 51.4 Å². The predicted octanol–water partition coefficient (Wildman–Crippen LogP) is 6.88. The summed E-state index contributed by atoms with van der Waals surface area (Å²) in [5.74, 6) is 0.834. The highest BCUT2D eigenvalue weighted by Crippen LogP contribution is 2.51. The van der Waals surface area contributed by atoms with Crippen LogP contribution in [-0.2, 0) is 0 Å². The van der Waals surface area contributed by atoms with E-state index in [1.807, 2.05) is 12.1 Å². The normalized spacial score (nSPS) is 10.7. The van der Waals surface area contributed by atoms with Gasteiger partial charge in [0.1, 0.15) is 0 Å². The Balaban J connectivity index is 2.36. The van der Waals surface area contributed by atoms with E-state index in [2.05, 4.69) is 13.8 Å². The predicted molar refractivity (Wildman–Crippen MR) is 143 cm³/mol. The van der Waals surface area contributed by atoms with Crippen LogP contribution in [0.1, 0.15) is 65.2 Å². The van der Waals surface area contributed by atoms with Gasteiger partial charge in [-0.15, -0.1) is 0 Å². The Morgan fingerprint density at radius 1 is 0.639 bits per heavy atom. The van der Waals surface area contributed by atoms with Gasteiger partial charge in [-0.05, 0) is 12.8 Å². The van der Waals surface area contributed by atoms with E-state index in [1.54, 1.807) is 36.0 Å². The molecule has 0 aliphatic carbocycles. The molecule has 2 aromatic rings. The van der Waals surface area contributed by atoms with Crippen molar-refractivity contribution in [3.63, 3.8) is 0 Å². The molecule has 0 atom stereocenters. The molecule has 0 saturated heterocycles. The Kier molecular flexibility index (Phi) is 12.2. The zero-order chi connectivity index (χ0) is 26.5. The molecule has 2 aromatic carbocycles. The molecule has 0 bridgehead atoms. The van der Waals surface area contributed by atoms with Crippen molar-refractivity contribution in [3.8, 4) is 23.0 Å². The minimum atomic E-state index is -0.492. The second-order valence-corrected chi connectivity index (χ2v) is 8.97. The van der Waals surface area contributed by atoms with Crippen LogP contribution in [0.5, 0.6) is 23.0 Å². The first-order valence-corrected chi connectivity index (χ1v) is 12.9. The van der Waals surface area contributed by atoms with Crippen molar-refractivity contribution in [1.82, 2.24) is 9.80 Å². The second kappa shape index (κ2) is 15.1. The van der Waals surface area contributed by atoms with E-state index in [1.165, 1.54) is 14.2 Å². The smallest absolute Gasteiger partial charge is 0.415 e. The van der Waals surface area contributed by atoms with Crippen molar-refractivity contribution in [2.75, 3.05) is 41.4 Å². The van der Waals surface area contributed by atoms with Crippen molar-refractivity contribution < 1.29 is 28.5 Å². The van der Waals surface area contributed by atoms with Gasteiger partial charge in [0.2, 0.25) is 11.5 Å². The molecular formula is C28H42N2O6. The average molecular weight is 503 g/mol. The molecule has 0 aliphatic heterocycles. The summed E-state index contributed by atoms with van der Waals surface area (Å²) in [6.07, 6.45) is 7.46. The highest BCUT2D eigenvalue weighted by Gasteiger charge is 2.28. The molecule has 36 heavy (non-hydrogen) atoms. The summed E-state index contributed by atoms with van der Waals surface area (Å²) < 4.78 is 22.9. The largest absolute Gasteiger partial charge is 0.490 e. The van der Waals surface area contributed by atoms with Crippen molar-refractivity contribution in [3.05, 3.63) is 24.3 Å². The topological polar surface area (TPSA) is 77.5 Å². The molecular weight excluding hydrogens is 460 g/mol. The number of rotatable bonds is 14. The van der Waals surface area contributed by atoms with Gasteiger partial charge in [0.25, 0.3) is 0 Å². The number of amides is 2. The Morgan fingerprint density at radius 3 is 1.36 bits per heavy atom. The fourth-order valence-corrected chi connectivity index (χ4v) is 3.97. The van der Waals surface area contributed by atoms with Gasteiger partial charge in [0.05, 0.1) is 14.2 Å². The SMILES string of the molecule is CCCCCCN(C)C(=O)Oc1c(OC)c(OC)c(OC(=O)N(C)CCCCCC)c2ccccc12. The van der Waals surface area contributed by atoms with Gasteiger partial charge < -0.3 is 28.7 Å². The molecule has 0 fully saturated rings. The number of unbranched alkanes of at least 4 members (excludes halogenated alkanes) is 6. The molecule has 8 nitrogen and oxygen atoms in total. The van der Waals surface area contributed by atoms with Gasteiger partial charge in [-0.3, -0.25) is 0 Å². The van der Waals surface area contributed by atoms with Crippen LogP contribution in [0.2, 0.25) is 0 Å². The van der Waals surface area contributed by atoms with E-state index >= 15 is 0 Å². The molecule has 0 aliphatic rings. The van der Waals surface area contributed by atoms with Gasteiger partial charge in [-0.2, -0.15) is 0 Å². The number of carbonyl (C=O) groups excluding carboxylic acids is 2. The first-order chi connectivity index (χ1) is 17.4. The lowest BCUT2D eigenvalue weighted by Crippen LogP contribution is -2.31. The Labute approximate surface area is 215 Å². The number of hydrogen-bond donors (Lipinski definition) is 0. The summed E-state index contributed by atoms with van der Waals surface area (Å²) >= 11 is 0. The maximum Gasteiger partial charge on any atom is 0.415 e. The Morgan fingerprint density at radius 2 is 1.03 bits per heavy atom. The molecule has 2 rings (SSSR count). The summed E-state index contributed by atoms with van der Waals surface area (Å²) in [6, 6.07) is 7.25. The summed E-state index contributed by atoms with van der Waals surface area (Å²) in [5.41, 5.74) is 0. The van der Waals surface area contributed by atoms with E-state index in [9.17, 15) is 9.59 Å². The van der Waals surface area contributed by atoms with Crippen LogP contribution in [-0.4, -0.2) is 63.4 Å². The van der Waals surface area contributed by atoms with Crippen LogP contribution in [0.25, 0.3) is 10.8 Å². The summed E-state index contributed by atoms with van der Waals surface area (Å²) in [6.45, 7) is 5.48. The van der Waals surface area contributed by atoms with Crippen LogP contribution < -0.4 is 18.9 Å². The molecule has 0 saturated carbocycles. The number of ether oxygens (including phenoxy) is 4. The fourth-order valence-electron chi connectivity index (χ4n) is 3.97.